The zero-order valence-electron chi connectivity index (χ0n) is 11.0. The summed E-state index contributed by atoms with van der Waals surface area (Å²) in [7, 11) is 1.95. The fraction of sp³-hybridized carbons (Fsp3) is 0.462. The number of carbonyl (C=O) groups is 1. The van der Waals surface area contributed by atoms with Gasteiger partial charge in [0, 0.05) is 25.7 Å². The van der Waals surface area contributed by atoms with E-state index in [1.165, 1.54) is 4.90 Å². The zero-order valence-corrected chi connectivity index (χ0v) is 11.0. The standard InChI is InChI=1S/C13H17F2N3O/c1-8-7-18(6-5-17(8)2)13(19)11-9(14)3-4-10(16)12(11)15/h3-4,8H,5-7,16H2,1-2H3. The third-order valence-corrected chi connectivity index (χ3v) is 3.58. The molecule has 0 bridgehead atoms. The monoisotopic (exact) mass is 269 g/mol. The van der Waals surface area contributed by atoms with Gasteiger partial charge in [-0.1, -0.05) is 0 Å². The zero-order chi connectivity index (χ0) is 14.2. The van der Waals surface area contributed by atoms with Crippen LogP contribution in [0.5, 0.6) is 0 Å². The molecule has 4 nitrogen and oxygen atoms in total. The quantitative estimate of drug-likeness (QED) is 0.782. The van der Waals surface area contributed by atoms with Crippen LogP contribution in [-0.2, 0) is 0 Å². The van der Waals surface area contributed by atoms with Crippen molar-refractivity contribution in [3.63, 3.8) is 0 Å². The number of anilines is 1. The summed E-state index contributed by atoms with van der Waals surface area (Å²) in [5.74, 6) is -2.48. The maximum absolute atomic E-state index is 13.8. The first-order chi connectivity index (χ1) is 8.91. The molecule has 19 heavy (non-hydrogen) atoms. The van der Waals surface area contributed by atoms with Gasteiger partial charge in [-0.05, 0) is 26.1 Å². The molecule has 0 radical (unpaired) electrons. The Labute approximate surface area is 110 Å². The molecule has 2 rings (SSSR count). The Balaban J connectivity index is 2.28. The van der Waals surface area contributed by atoms with E-state index in [-0.39, 0.29) is 11.7 Å². The molecule has 0 saturated carbocycles. The van der Waals surface area contributed by atoms with Gasteiger partial charge in [0.15, 0.2) is 5.82 Å². The topological polar surface area (TPSA) is 49.6 Å². The summed E-state index contributed by atoms with van der Waals surface area (Å²) in [6.07, 6.45) is 0. The summed E-state index contributed by atoms with van der Waals surface area (Å²) < 4.78 is 27.5. The molecule has 0 aliphatic carbocycles. The van der Waals surface area contributed by atoms with Crippen LogP contribution in [0.25, 0.3) is 0 Å². The summed E-state index contributed by atoms with van der Waals surface area (Å²) in [6.45, 7) is 3.54. The van der Waals surface area contributed by atoms with E-state index >= 15 is 0 Å². The number of carbonyl (C=O) groups excluding carboxylic acids is 1. The second-order valence-corrected chi connectivity index (χ2v) is 4.91. The number of nitrogens with two attached hydrogens (primary N) is 1. The molecule has 1 unspecified atom stereocenters. The summed E-state index contributed by atoms with van der Waals surface area (Å²) in [5, 5.41) is 0. The third-order valence-electron chi connectivity index (χ3n) is 3.58. The number of nitrogens with zero attached hydrogens (tertiary/aromatic N) is 2. The maximum Gasteiger partial charge on any atom is 0.260 e. The van der Waals surface area contributed by atoms with E-state index in [0.717, 1.165) is 12.1 Å². The van der Waals surface area contributed by atoms with Gasteiger partial charge in [-0.3, -0.25) is 4.79 Å². The van der Waals surface area contributed by atoms with Crippen molar-refractivity contribution in [2.24, 2.45) is 0 Å². The van der Waals surface area contributed by atoms with E-state index in [2.05, 4.69) is 4.90 Å². The lowest BCUT2D eigenvalue weighted by atomic mass is 10.1. The summed E-state index contributed by atoms with van der Waals surface area (Å²) >= 11 is 0. The van der Waals surface area contributed by atoms with E-state index in [1.807, 2.05) is 14.0 Å². The van der Waals surface area contributed by atoms with Crippen LogP contribution in [-0.4, -0.2) is 48.4 Å². The van der Waals surface area contributed by atoms with Crippen molar-refractivity contribution in [2.75, 3.05) is 32.4 Å². The Morgan fingerprint density at radius 1 is 1.37 bits per heavy atom. The molecule has 1 aliphatic heterocycles. The van der Waals surface area contributed by atoms with Crippen LogP contribution in [0.4, 0.5) is 14.5 Å². The SMILES string of the molecule is CC1CN(C(=O)c2c(F)ccc(N)c2F)CCN1C. The van der Waals surface area contributed by atoms with Gasteiger partial charge in [-0.15, -0.1) is 0 Å². The van der Waals surface area contributed by atoms with Gasteiger partial charge in [-0.2, -0.15) is 0 Å². The number of amides is 1. The predicted molar refractivity (Wildman–Crippen MR) is 68.8 cm³/mol. The van der Waals surface area contributed by atoms with Crippen molar-refractivity contribution in [1.29, 1.82) is 0 Å². The second-order valence-electron chi connectivity index (χ2n) is 4.91. The van der Waals surface area contributed by atoms with E-state index < -0.39 is 23.1 Å². The number of hydrogen-bond acceptors (Lipinski definition) is 3. The van der Waals surface area contributed by atoms with Crippen LogP contribution in [0.1, 0.15) is 17.3 Å². The van der Waals surface area contributed by atoms with E-state index in [0.29, 0.717) is 19.6 Å². The fourth-order valence-corrected chi connectivity index (χ4v) is 2.16. The average Bonchev–Trinajstić information content (AvgIpc) is 2.37. The number of likely N-dealkylation sites (N-methyl/N-ethyl adjacent to an activating group) is 1. The lowest BCUT2D eigenvalue weighted by Gasteiger charge is -2.37. The van der Waals surface area contributed by atoms with Crippen LogP contribution in [0, 0.1) is 11.6 Å². The van der Waals surface area contributed by atoms with Crippen molar-refractivity contribution in [3.05, 3.63) is 29.3 Å². The maximum atomic E-state index is 13.8. The average molecular weight is 269 g/mol. The largest absolute Gasteiger partial charge is 0.396 e. The molecule has 1 fully saturated rings. The normalized spacial score (nSPS) is 20.6. The second kappa shape index (κ2) is 5.13. The van der Waals surface area contributed by atoms with E-state index in [4.69, 9.17) is 5.73 Å². The summed E-state index contributed by atoms with van der Waals surface area (Å²) in [6, 6.07) is 2.30. The lowest BCUT2D eigenvalue weighted by molar-refractivity contribution is 0.0563. The molecule has 1 atom stereocenters. The number of rotatable bonds is 1. The third kappa shape index (κ3) is 2.53. The van der Waals surface area contributed by atoms with Crippen molar-refractivity contribution < 1.29 is 13.6 Å². The number of benzene rings is 1. The Morgan fingerprint density at radius 3 is 2.68 bits per heavy atom. The molecule has 104 valence electrons. The van der Waals surface area contributed by atoms with Crippen LogP contribution >= 0.6 is 0 Å². The smallest absolute Gasteiger partial charge is 0.260 e. The lowest BCUT2D eigenvalue weighted by Crippen LogP contribution is -2.52. The molecule has 1 aromatic rings. The summed E-state index contributed by atoms with van der Waals surface area (Å²) in [4.78, 5) is 15.8. The first-order valence-electron chi connectivity index (χ1n) is 6.14. The number of hydrogen-bond donors (Lipinski definition) is 1. The minimum absolute atomic E-state index is 0.157. The molecule has 2 N–H and O–H groups in total. The first-order valence-corrected chi connectivity index (χ1v) is 6.14. The van der Waals surface area contributed by atoms with Crippen LogP contribution in [0.3, 0.4) is 0 Å². The minimum atomic E-state index is -0.975. The highest BCUT2D eigenvalue weighted by molar-refractivity contribution is 5.95. The molecule has 0 spiro atoms. The molecule has 1 heterocycles. The number of nitrogen functional groups attached to an aromatic ring is 1. The Morgan fingerprint density at radius 2 is 2.05 bits per heavy atom. The molecule has 1 saturated heterocycles. The highest BCUT2D eigenvalue weighted by Crippen LogP contribution is 2.21. The van der Waals surface area contributed by atoms with Crippen molar-refractivity contribution in [1.82, 2.24) is 9.80 Å². The Bertz CT molecular complexity index is 507. The highest BCUT2D eigenvalue weighted by Gasteiger charge is 2.29. The van der Waals surface area contributed by atoms with Gasteiger partial charge < -0.3 is 15.5 Å². The van der Waals surface area contributed by atoms with Gasteiger partial charge in [0.1, 0.15) is 11.4 Å². The first kappa shape index (κ1) is 13.7. The molecular formula is C13H17F2N3O. The van der Waals surface area contributed by atoms with Crippen LogP contribution in [0.2, 0.25) is 0 Å². The molecule has 6 heteroatoms. The van der Waals surface area contributed by atoms with Gasteiger partial charge in [0.25, 0.3) is 5.91 Å². The van der Waals surface area contributed by atoms with Crippen molar-refractivity contribution in [2.45, 2.75) is 13.0 Å². The van der Waals surface area contributed by atoms with Crippen LogP contribution in [0.15, 0.2) is 12.1 Å². The van der Waals surface area contributed by atoms with Gasteiger partial charge >= 0.3 is 0 Å². The Hall–Kier alpha value is -1.69. The van der Waals surface area contributed by atoms with Crippen molar-refractivity contribution in [3.8, 4) is 0 Å². The number of halogens is 2. The molecular weight excluding hydrogens is 252 g/mol. The molecule has 0 aromatic heterocycles. The molecule has 1 aliphatic rings. The molecule has 1 aromatic carbocycles. The minimum Gasteiger partial charge on any atom is -0.396 e. The molecule has 1 amide bonds. The van der Waals surface area contributed by atoms with E-state index in [9.17, 15) is 13.6 Å². The fourth-order valence-electron chi connectivity index (χ4n) is 2.16. The van der Waals surface area contributed by atoms with Crippen molar-refractivity contribution >= 4 is 11.6 Å². The number of piperazine rings is 1. The van der Waals surface area contributed by atoms with Crippen LogP contribution < -0.4 is 5.73 Å². The predicted octanol–water partition coefficient (Wildman–Crippen LogP) is 1.32. The highest BCUT2D eigenvalue weighted by atomic mass is 19.1. The van der Waals surface area contributed by atoms with Gasteiger partial charge in [0.05, 0.1) is 5.69 Å². The van der Waals surface area contributed by atoms with Gasteiger partial charge in [0.2, 0.25) is 0 Å². The van der Waals surface area contributed by atoms with E-state index in [1.54, 1.807) is 0 Å². The van der Waals surface area contributed by atoms with Gasteiger partial charge in [-0.25, -0.2) is 8.78 Å². The Kier molecular flexibility index (Phi) is 3.71. The summed E-state index contributed by atoms with van der Waals surface area (Å²) in [5.41, 5.74) is 4.61.